The molecule has 8 heteroatoms. The minimum atomic E-state index is -1.16. The van der Waals surface area contributed by atoms with Crippen molar-refractivity contribution in [3.63, 3.8) is 0 Å². The van der Waals surface area contributed by atoms with Crippen LogP contribution in [0.1, 0.15) is 18.9 Å². The molecule has 8 nitrogen and oxygen atoms in total. The maximum absolute atomic E-state index is 12.0. The van der Waals surface area contributed by atoms with Gasteiger partial charge in [-0.3, -0.25) is 0 Å². The summed E-state index contributed by atoms with van der Waals surface area (Å²) in [6.07, 6.45) is 6.05. The van der Waals surface area contributed by atoms with Crippen LogP contribution in [0.3, 0.4) is 0 Å². The summed E-state index contributed by atoms with van der Waals surface area (Å²) < 4.78 is 20.3. The fourth-order valence-corrected chi connectivity index (χ4v) is 2.85. The molecule has 1 aromatic carbocycles. The van der Waals surface area contributed by atoms with Gasteiger partial charge in [0, 0.05) is 5.56 Å². The van der Waals surface area contributed by atoms with Gasteiger partial charge < -0.3 is 19.0 Å². The van der Waals surface area contributed by atoms with Crippen molar-refractivity contribution in [2.45, 2.75) is 25.7 Å². The van der Waals surface area contributed by atoms with Crippen molar-refractivity contribution in [1.29, 1.82) is 0 Å². The first-order valence-corrected chi connectivity index (χ1v) is 8.78. The second-order valence-electron chi connectivity index (χ2n) is 6.17. The van der Waals surface area contributed by atoms with E-state index < -0.39 is 11.8 Å². The largest absolute Gasteiger partial charge is 0.497 e. The number of nitrogens with zero attached hydrogens (tertiary/aromatic N) is 3. The van der Waals surface area contributed by atoms with Crippen LogP contribution in [0.25, 0.3) is 0 Å². The van der Waals surface area contributed by atoms with Gasteiger partial charge in [0.05, 0.1) is 33.8 Å². The number of methoxy groups -OCH3 is 1. The Morgan fingerprint density at radius 3 is 2.78 bits per heavy atom. The summed E-state index contributed by atoms with van der Waals surface area (Å²) in [6, 6.07) is 7.33. The summed E-state index contributed by atoms with van der Waals surface area (Å²) in [5, 5.41) is 3.93. The Kier molecular flexibility index (Phi) is 5.75. The van der Waals surface area contributed by atoms with Gasteiger partial charge in [-0.1, -0.05) is 5.16 Å². The average Bonchev–Trinajstić information content (AvgIpc) is 3.29. The third-order valence-electron chi connectivity index (χ3n) is 4.25. The molecule has 0 bridgehead atoms. The fraction of sp³-hybridized carbons (Fsp3) is 0.421. The zero-order valence-electron chi connectivity index (χ0n) is 15.8. The molecule has 1 aliphatic rings. The summed E-state index contributed by atoms with van der Waals surface area (Å²) in [7, 11) is 3.56. The topological polar surface area (TPSA) is 75.2 Å². The summed E-state index contributed by atoms with van der Waals surface area (Å²) in [5.74, 6) is -0.934. The third-order valence-corrected chi connectivity index (χ3v) is 4.25. The van der Waals surface area contributed by atoms with E-state index in [4.69, 9.17) is 19.0 Å². The Morgan fingerprint density at radius 2 is 2.15 bits per heavy atom. The molecule has 144 valence electrons. The molecule has 1 atom stereocenters. The molecular formula is C19H24N3O5+. The third kappa shape index (κ3) is 4.28. The fourth-order valence-electron chi connectivity index (χ4n) is 2.85. The molecule has 0 aliphatic carbocycles. The Bertz CT molecular complexity index is 815. The molecule has 1 aliphatic heterocycles. The molecule has 0 N–H and O–H groups in total. The van der Waals surface area contributed by atoms with Crippen LogP contribution in [0.15, 0.2) is 48.1 Å². The van der Waals surface area contributed by atoms with Gasteiger partial charge in [-0.15, -0.1) is 0 Å². The number of benzene rings is 1. The zero-order valence-corrected chi connectivity index (χ0v) is 15.8. The average molecular weight is 374 g/mol. The lowest BCUT2D eigenvalue weighted by Gasteiger charge is -2.27. The standard InChI is InChI=1S/C19H24N3O5/c1-4-25-18(23)17-13-19(27-20-17,15-5-7-16(24-3)8-6-15)26-12-11-22-10-9-21(2)14-22/h5-10,14H,4,11-13H2,1-3H3/q+1. The summed E-state index contributed by atoms with van der Waals surface area (Å²) in [5.41, 5.74) is 0.962. The normalized spacial score (nSPS) is 18.7. The van der Waals surface area contributed by atoms with Crippen LogP contribution in [-0.2, 0) is 38.5 Å². The van der Waals surface area contributed by atoms with Crippen LogP contribution in [0, 0.1) is 0 Å². The van der Waals surface area contributed by atoms with Crippen molar-refractivity contribution in [3.8, 4) is 5.75 Å². The molecule has 1 unspecified atom stereocenters. The van der Waals surface area contributed by atoms with Crippen molar-refractivity contribution in [2.75, 3.05) is 20.3 Å². The van der Waals surface area contributed by atoms with Crippen LogP contribution < -0.4 is 9.30 Å². The second-order valence-corrected chi connectivity index (χ2v) is 6.17. The molecule has 2 aromatic rings. The highest BCUT2D eigenvalue weighted by Gasteiger charge is 2.45. The van der Waals surface area contributed by atoms with Crippen LogP contribution in [0.5, 0.6) is 5.75 Å². The smallest absolute Gasteiger partial charge is 0.356 e. The van der Waals surface area contributed by atoms with Crippen molar-refractivity contribution in [1.82, 2.24) is 4.57 Å². The Hall–Kier alpha value is -2.87. The van der Waals surface area contributed by atoms with Crippen molar-refractivity contribution >= 4 is 11.7 Å². The molecule has 2 heterocycles. The lowest BCUT2D eigenvalue weighted by atomic mass is 10.00. The number of aryl methyl sites for hydroxylation is 1. The van der Waals surface area contributed by atoms with Gasteiger partial charge in [0.15, 0.2) is 5.71 Å². The number of carbonyl (C=O) groups is 1. The molecule has 1 aromatic heterocycles. The van der Waals surface area contributed by atoms with Crippen LogP contribution in [-0.4, -0.2) is 36.6 Å². The van der Waals surface area contributed by atoms with Gasteiger partial charge >= 0.3 is 5.97 Å². The first kappa shape index (κ1) is 18.9. The zero-order chi connectivity index (χ0) is 19.3. The van der Waals surface area contributed by atoms with E-state index in [0.29, 0.717) is 13.2 Å². The van der Waals surface area contributed by atoms with E-state index in [-0.39, 0.29) is 18.7 Å². The number of esters is 1. The van der Waals surface area contributed by atoms with E-state index in [1.807, 2.05) is 59.2 Å². The summed E-state index contributed by atoms with van der Waals surface area (Å²) in [6.45, 7) is 3.04. The van der Waals surface area contributed by atoms with Gasteiger partial charge in [-0.2, -0.15) is 0 Å². The van der Waals surface area contributed by atoms with E-state index in [1.54, 1.807) is 14.0 Å². The molecular weight excluding hydrogens is 350 g/mol. The monoisotopic (exact) mass is 374 g/mol. The molecule has 27 heavy (non-hydrogen) atoms. The number of hydrogen-bond acceptors (Lipinski definition) is 6. The van der Waals surface area contributed by atoms with E-state index in [9.17, 15) is 4.79 Å². The van der Waals surface area contributed by atoms with Gasteiger partial charge in [-0.25, -0.2) is 13.9 Å². The number of oxime groups is 1. The van der Waals surface area contributed by atoms with Crippen molar-refractivity contribution in [2.24, 2.45) is 12.2 Å². The van der Waals surface area contributed by atoms with E-state index in [1.165, 1.54) is 0 Å². The SMILES string of the molecule is CCOC(=O)C1=NOC(OCCn2cc[n+](C)c2)(c2ccc(OC)cc2)C1. The predicted molar refractivity (Wildman–Crippen MR) is 96.0 cm³/mol. The van der Waals surface area contributed by atoms with Gasteiger partial charge in [0.2, 0.25) is 6.33 Å². The van der Waals surface area contributed by atoms with Crippen molar-refractivity contribution in [3.05, 3.63) is 48.5 Å². The number of ether oxygens (including phenoxy) is 3. The maximum atomic E-state index is 12.0. The molecule has 0 amide bonds. The summed E-state index contributed by atoms with van der Waals surface area (Å²) >= 11 is 0. The second kappa shape index (κ2) is 8.22. The predicted octanol–water partition coefficient (Wildman–Crippen LogP) is 1.53. The van der Waals surface area contributed by atoms with E-state index in [2.05, 4.69) is 5.16 Å². The first-order valence-electron chi connectivity index (χ1n) is 8.78. The highest BCUT2D eigenvalue weighted by molar-refractivity contribution is 6.36. The van der Waals surface area contributed by atoms with Crippen LogP contribution in [0.2, 0.25) is 0 Å². The first-order chi connectivity index (χ1) is 13.1. The number of imidazole rings is 1. The maximum Gasteiger partial charge on any atom is 0.356 e. The van der Waals surface area contributed by atoms with Gasteiger partial charge in [0.1, 0.15) is 24.7 Å². The molecule has 0 spiro atoms. The summed E-state index contributed by atoms with van der Waals surface area (Å²) in [4.78, 5) is 17.7. The Labute approximate surface area is 157 Å². The molecule has 0 radical (unpaired) electrons. The van der Waals surface area contributed by atoms with Crippen LogP contribution >= 0.6 is 0 Å². The lowest BCUT2D eigenvalue weighted by molar-refractivity contribution is -0.671. The highest BCUT2D eigenvalue weighted by Crippen LogP contribution is 2.37. The van der Waals surface area contributed by atoms with Crippen LogP contribution in [0.4, 0.5) is 0 Å². The Balaban J connectivity index is 1.75. The lowest BCUT2D eigenvalue weighted by Crippen LogP contribution is -2.33. The molecule has 0 saturated heterocycles. The minimum absolute atomic E-state index is 0.178. The molecule has 0 saturated carbocycles. The number of hydrogen-bond donors (Lipinski definition) is 0. The minimum Gasteiger partial charge on any atom is -0.497 e. The number of aromatic nitrogens is 2. The number of rotatable bonds is 8. The van der Waals surface area contributed by atoms with Crippen molar-refractivity contribution < 1.29 is 28.4 Å². The van der Waals surface area contributed by atoms with Gasteiger partial charge in [0.25, 0.3) is 5.79 Å². The highest BCUT2D eigenvalue weighted by atomic mass is 16.8. The van der Waals surface area contributed by atoms with E-state index in [0.717, 1.165) is 11.3 Å². The molecule has 3 rings (SSSR count). The van der Waals surface area contributed by atoms with Gasteiger partial charge in [-0.05, 0) is 31.2 Å². The number of carbonyl (C=O) groups excluding carboxylic acids is 1. The Morgan fingerprint density at radius 1 is 1.37 bits per heavy atom. The van der Waals surface area contributed by atoms with E-state index >= 15 is 0 Å². The molecule has 0 fully saturated rings. The quantitative estimate of drug-likeness (QED) is 0.517.